The summed E-state index contributed by atoms with van der Waals surface area (Å²) in [6.45, 7) is 0.880. The lowest BCUT2D eigenvalue weighted by molar-refractivity contribution is -0.125. The van der Waals surface area contributed by atoms with Crippen LogP contribution in [0.1, 0.15) is 12.8 Å². The maximum Gasteiger partial charge on any atom is 0.224 e. The van der Waals surface area contributed by atoms with Gasteiger partial charge in [-0.3, -0.25) is 4.79 Å². The predicted molar refractivity (Wildman–Crippen MR) is 41.9 cm³/mol. The van der Waals surface area contributed by atoms with Gasteiger partial charge in [0.1, 0.15) is 0 Å². The van der Waals surface area contributed by atoms with E-state index in [1.807, 2.05) is 0 Å². The van der Waals surface area contributed by atoms with E-state index in [0.717, 1.165) is 13.0 Å². The molecular formula is C7H10BrNO. The zero-order chi connectivity index (χ0) is 7.14. The van der Waals surface area contributed by atoms with Crippen molar-refractivity contribution in [1.82, 2.24) is 5.32 Å². The Morgan fingerprint density at radius 2 is 2.30 bits per heavy atom. The van der Waals surface area contributed by atoms with Crippen LogP contribution in [0.3, 0.4) is 0 Å². The predicted octanol–water partition coefficient (Wildman–Crippen LogP) is 0.906. The Kier molecular flexibility index (Phi) is 1.48. The highest BCUT2D eigenvalue weighted by Gasteiger charge is 2.42. The Morgan fingerprint density at radius 1 is 1.50 bits per heavy atom. The van der Waals surface area contributed by atoms with Gasteiger partial charge in [-0.15, -0.1) is 0 Å². The number of hydrogen-bond acceptors (Lipinski definition) is 1. The van der Waals surface area contributed by atoms with E-state index in [2.05, 4.69) is 21.2 Å². The second-order valence-corrected chi connectivity index (χ2v) is 4.19. The Hall–Kier alpha value is -0.0500. The van der Waals surface area contributed by atoms with E-state index >= 15 is 0 Å². The normalized spacial score (nSPS) is 45.3. The molecule has 1 amide bonds. The molecule has 1 heterocycles. The van der Waals surface area contributed by atoms with Gasteiger partial charge in [-0.2, -0.15) is 0 Å². The number of halogens is 1. The zero-order valence-electron chi connectivity index (χ0n) is 5.64. The van der Waals surface area contributed by atoms with Crippen molar-refractivity contribution in [2.24, 2.45) is 11.8 Å². The van der Waals surface area contributed by atoms with Crippen LogP contribution >= 0.6 is 15.9 Å². The summed E-state index contributed by atoms with van der Waals surface area (Å²) in [6.07, 6.45) is 2.28. The molecule has 3 unspecified atom stereocenters. The molecule has 0 aromatic carbocycles. The number of piperidine rings is 1. The fraction of sp³-hybridized carbons (Fsp3) is 0.857. The van der Waals surface area contributed by atoms with Gasteiger partial charge >= 0.3 is 0 Å². The van der Waals surface area contributed by atoms with Gasteiger partial charge in [0.15, 0.2) is 0 Å². The standard InChI is InChI=1S/C7H10BrNO/c8-6-4-1-2-5(6)7(10)9-3-4/h4-6H,1-3H2,(H,9,10). The zero-order valence-corrected chi connectivity index (χ0v) is 7.23. The van der Waals surface area contributed by atoms with Gasteiger partial charge in [-0.1, -0.05) is 15.9 Å². The van der Waals surface area contributed by atoms with Crippen molar-refractivity contribution in [2.45, 2.75) is 17.7 Å². The lowest BCUT2D eigenvalue weighted by atomic mass is 10.00. The average molecular weight is 204 g/mol. The molecular weight excluding hydrogens is 194 g/mol. The third-order valence-electron chi connectivity index (χ3n) is 2.56. The van der Waals surface area contributed by atoms with E-state index in [1.165, 1.54) is 6.42 Å². The van der Waals surface area contributed by atoms with E-state index in [-0.39, 0.29) is 11.8 Å². The van der Waals surface area contributed by atoms with Crippen LogP contribution in [0.15, 0.2) is 0 Å². The number of fused-ring (bicyclic) bond motifs is 2. The van der Waals surface area contributed by atoms with Crippen molar-refractivity contribution >= 4 is 21.8 Å². The van der Waals surface area contributed by atoms with Crippen LogP contribution in [-0.2, 0) is 4.79 Å². The minimum atomic E-state index is 0.246. The minimum Gasteiger partial charge on any atom is -0.356 e. The number of nitrogens with one attached hydrogen (secondary N) is 1. The molecule has 3 heteroatoms. The Bertz CT molecular complexity index is 171. The van der Waals surface area contributed by atoms with Gasteiger partial charge in [0, 0.05) is 11.4 Å². The van der Waals surface area contributed by atoms with Crippen LogP contribution in [-0.4, -0.2) is 17.3 Å². The van der Waals surface area contributed by atoms with Crippen LogP contribution in [0.4, 0.5) is 0 Å². The number of hydrogen-bond donors (Lipinski definition) is 1. The number of rotatable bonds is 0. The average Bonchev–Trinajstić information content (AvgIpc) is 2.13. The first-order valence-corrected chi connectivity index (χ1v) is 4.62. The van der Waals surface area contributed by atoms with Gasteiger partial charge in [-0.05, 0) is 18.8 Å². The first kappa shape index (κ1) is 6.65. The Labute approximate surface area is 68.5 Å². The molecule has 1 aliphatic heterocycles. The molecule has 0 radical (unpaired) electrons. The van der Waals surface area contributed by atoms with Gasteiger partial charge in [0.25, 0.3) is 0 Å². The van der Waals surface area contributed by atoms with E-state index in [9.17, 15) is 4.79 Å². The van der Waals surface area contributed by atoms with Gasteiger partial charge in [0.2, 0.25) is 5.91 Å². The van der Waals surface area contributed by atoms with Crippen molar-refractivity contribution in [1.29, 1.82) is 0 Å². The van der Waals surface area contributed by atoms with Crippen LogP contribution in [0.2, 0.25) is 0 Å². The van der Waals surface area contributed by atoms with Crippen molar-refractivity contribution in [2.75, 3.05) is 6.54 Å². The molecule has 1 saturated carbocycles. The van der Waals surface area contributed by atoms with E-state index in [0.29, 0.717) is 10.7 Å². The molecule has 2 bridgehead atoms. The molecule has 3 atom stereocenters. The smallest absolute Gasteiger partial charge is 0.224 e. The Morgan fingerprint density at radius 3 is 3.00 bits per heavy atom. The summed E-state index contributed by atoms with van der Waals surface area (Å²) >= 11 is 3.56. The summed E-state index contributed by atoms with van der Waals surface area (Å²) in [7, 11) is 0. The van der Waals surface area contributed by atoms with Gasteiger partial charge in [-0.25, -0.2) is 0 Å². The van der Waals surface area contributed by atoms with Gasteiger partial charge in [0.05, 0.1) is 5.92 Å². The fourth-order valence-corrected chi connectivity index (χ4v) is 2.85. The summed E-state index contributed by atoms with van der Waals surface area (Å²) < 4.78 is 0. The molecule has 56 valence electrons. The minimum absolute atomic E-state index is 0.246. The summed E-state index contributed by atoms with van der Waals surface area (Å²) in [5.41, 5.74) is 0. The van der Waals surface area contributed by atoms with E-state index < -0.39 is 0 Å². The summed E-state index contributed by atoms with van der Waals surface area (Å²) in [5, 5.41) is 2.91. The summed E-state index contributed by atoms with van der Waals surface area (Å²) in [6, 6.07) is 0. The highest BCUT2D eigenvalue weighted by molar-refractivity contribution is 9.09. The molecule has 2 rings (SSSR count). The fourth-order valence-electron chi connectivity index (χ4n) is 1.89. The van der Waals surface area contributed by atoms with Crippen molar-refractivity contribution in [3.05, 3.63) is 0 Å². The van der Waals surface area contributed by atoms with Crippen LogP contribution in [0.5, 0.6) is 0 Å². The van der Waals surface area contributed by atoms with Crippen LogP contribution in [0.25, 0.3) is 0 Å². The SMILES string of the molecule is O=C1NCC2CCC1C2Br. The number of carbonyl (C=O) groups excluding carboxylic acids is 1. The van der Waals surface area contributed by atoms with E-state index in [1.54, 1.807) is 0 Å². The molecule has 0 aromatic rings. The lowest BCUT2D eigenvalue weighted by Gasteiger charge is -2.24. The Balaban J connectivity index is 2.20. The highest BCUT2D eigenvalue weighted by atomic mass is 79.9. The van der Waals surface area contributed by atoms with Crippen LogP contribution in [0, 0.1) is 11.8 Å². The molecule has 2 nitrogen and oxygen atoms in total. The first-order valence-electron chi connectivity index (χ1n) is 3.71. The monoisotopic (exact) mass is 203 g/mol. The lowest BCUT2D eigenvalue weighted by Crippen LogP contribution is -2.43. The summed E-state index contributed by atoms with van der Waals surface area (Å²) in [5.74, 6) is 1.21. The molecule has 1 saturated heterocycles. The molecule has 10 heavy (non-hydrogen) atoms. The van der Waals surface area contributed by atoms with Gasteiger partial charge < -0.3 is 5.32 Å². The van der Waals surface area contributed by atoms with E-state index in [4.69, 9.17) is 0 Å². The second-order valence-electron chi connectivity index (χ2n) is 3.13. The molecule has 1 N–H and O–H groups in total. The summed E-state index contributed by atoms with van der Waals surface area (Å²) in [4.78, 5) is 11.6. The molecule has 0 spiro atoms. The van der Waals surface area contributed by atoms with Crippen molar-refractivity contribution < 1.29 is 4.79 Å². The highest BCUT2D eigenvalue weighted by Crippen LogP contribution is 2.38. The van der Waals surface area contributed by atoms with Crippen molar-refractivity contribution in [3.8, 4) is 0 Å². The number of amides is 1. The maximum absolute atomic E-state index is 11.1. The number of alkyl halides is 1. The third-order valence-corrected chi connectivity index (χ3v) is 3.94. The van der Waals surface area contributed by atoms with Crippen molar-refractivity contribution in [3.63, 3.8) is 0 Å². The topological polar surface area (TPSA) is 29.1 Å². The quantitative estimate of drug-likeness (QED) is 0.583. The first-order chi connectivity index (χ1) is 4.79. The molecule has 2 fully saturated rings. The molecule has 1 aliphatic carbocycles. The molecule has 0 aromatic heterocycles. The second kappa shape index (κ2) is 2.22. The third kappa shape index (κ3) is 0.797. The number of carbonyl (C=O) groups is 1. The maximum atomic E-state index is 11.1. The molecule has 2 aliphatic rings. The largest absolute Gasteiger partial charge is 0.356 e. The van der Waals surface area contributed by atoms with Crippen LogP contribution < -0.4 is 5.32 Å².